The lowest BCUT2D eigenvalue weighted by Gasteiger charge is -2.24. The molecular formula is C25H26O6. The van der Waals surface area contributed by atoms with Crippen LogP contribution in [0.1, 0.15) is 31.9 Å². The lowest BCUT2D eigenvalue weighted by molar-refractivity contribution is 0.0779. The van der Waals surface area contributed by atoms with E-state index in [2.05, 4.69) is 11.3 Å². The Bertz CT molecular complexity index is 962. The van der Waals surface area contributed by atoms with Gasteiger partial charge in [-0.15, -0.1) is 0 Å². The molecule has 2 saturated heterocycles. The van der Waals surface area contributed by atoms with Gasteiger partial charge in [-0.3, -0.25) is 0 Å². The van der Waals surface area contributed by atoms with E-state index in [9.17, 15) is 9.59 Å². The molecule has 0 radical (unpaired) electrons. The summed E-state index contributed by atoms with van der Waals surface area (Å²) in [5.41, 5.74) is 3.13. The van der Waals surface area contributed by atoms with Crippen LogP contribution in [0.3, 0.4) is 0 Å². The fourth-order valence-electron chi connectivity index (χ4n) is 3.41. The highest BCUT2D eigenvalue weighted by molar-refractivity contribution is 5.75. The predicted octanol–water partition coefficient (Wildman–Crippen LogP) is 5.64. The van der Waals surface area contributed by atoms with Crippen molar-refractivity contribution >= 4 is 23.5 Å². The van der Waals surface area contributed by atoms with Gasteiger partial charge in [-0.2, -0.15) is 0 Å². The molecule has 0 N–H and O–H groups in total. The highest BCUT2D eigenvalue weighted by Crippen LogP contribution is 2.35. The summed E-state index contributed by atoms with van der Waals surface area (Å²) in [5.74, 6) is 0. The Labute approximate surface area is 182 Å². The van der Waals surface area contributed by atoms with E-state index >= 15 is 0 Å². The second-order valence-corrected chi connectivity index (χ2v) is 7.62. The highest BCUT2D eigenvalue weighted by atomic mass is 16.8. The Morgan fingerprint density at radius 1 is 0.935 bits per heavy atom. The summed E-state index contributed by atoms with van der Waals surface area (Å²) in [4.78, 5) is 22.0. The zero-order valence-electron chi connectivity index (χ0n) is 17.9. The van der Waals surface area contributed by atoms with Crippen molar-refractivity contribution in [2.75, 3.05) is 6.61 Å². The summed E-state index contributed by atoms with van der Waals surface area (Å²) in [6.45, 7) is 9.79. The normalized spacial score (nSPS) is 21.7. The first-order valence-electron chi connectivity index (χ1n) is 10.0. The van der Waals surface area contributed by atoms with Crippen molar-refractivity contribution in [2.24, 2.45) is 0 Å². The number of hydrogen-bond acceptors (Lipinski definition) is 6. The second-order valence-electron chi connectivity index (χ2n) is 7.62. The Balaban J connectivity index is 0.000000179. The zero-order valence-corrected chi connectivity index (χ0v) is 17.9. The fraction of sp³-hybridized carbons (Fsp3) is 0.280. The van der Waals surface area contributed by atoms with Gasteiger partial charge in [0.2, 0.25) is 0 Å². The second kappa shape index (κ2) is 9.51. The van der Waals surface area contributed by atoms with Crippen LogP contribution in [0.25, 0.3) is 11.1 Å². The van der Waals surface area contributed by atoms with Crippen molar-refractivity contribution < 1.29 is 28.5 Å². The van der Waals surface area contributed by atoms with Crippen molar-refractivity contribution in [3.8, 4) is 0 Å². The average molecular weight is 422 g/mol. The maximum absolute atomic E-state index is 11.2. The van der Waals surface area contributed by atoms with Crippen LogP contribution in [-0.4, -0.2) is 36.7 Å². The van der Waals surface area contributed by atoms with Crippen molar-refractivity contribution in [3.05, 3.63) is 84.4 Å². The Hall–Kier alpha value is -3.54. The number of cyclic esters (lactones) is 4. The lowest BCUT2D eigenvalue weighted by atomic mass is 9.90. The van der Waals surface area contributed by atoms with Crippen LogP contribution in [0, 0.1) is 0 Å². The number of ether oxygens (including phenoxy) is 4. The molecule has 0 aliphatic carbocycles. The SMILES string of the molecule is C=C(c1ccccc1)C1COC(=O)O1.CC=C(c1ccccc1)C1OC(=O)OC1(C)C. The quantitative estimate of drug-likeness (QED) is 0.594. The van der Waals surface area contributed by atoms with E-state index in [1.165, 1.54) is 0 Å². The Morgan fingerprint density at radius 3 is 1.97 bits per heavy atom. The smallest absolute Gasteiger partial charge is 0.430 e. The first-order valence-corrected chi connectivity index (χ1v) is 10.0. The molecule has 0 spiro atoms. The molecule has 2 heterocycles. The van der Waals surface area contributed by atoms with Crippen LogP contribution < -0.4 is 0 Å². The summed E-state index contributed by atoms with van der Waals surface area (Å²) in [6, 6.07) is 19.5. The summed E-state index contributed by atoms with van der Waals surface area (Å²) in [7, 11) is 0. The maximum atomic E-state index is 11.2. The predicted molar refractivity (Wildman–Crippen MR) is 117 cm³/mol. The van der Waals surface area contributed by atoms with Gasteiger partial charge in [0.1, 0.15) is 6.61 Å². The maximum Gasteiger partial charge on any atom is 0.509 e. The van der Waals surface area contributed by atoms with Gasteiger partial charge in [0, 0.05) is 0 Å². The van der Waals surface area contributed by atoms with Crippen molar-refractivity contribution in [3.63, 3.8) is 0 Å². The molecule has 2 aromatic rings. The van der Waals surface area contributed by atoms with E-state index in [4.69, 9.17) is 14.2 Å². The number of benzene rings is 2. The van der Waals surface area contributed by atoms with Gasteiger partial charge in [-0.05, 0) is 43.0 Å². The third kappa shape index (κ3) is 5.34. The van der Waals surface area contributed by atoms with E-state index in [-0.39, 0.29) is 18.8 Å². The summed E-state index contributed by atoms with van der Waals surface area (Å²) in [6.07, 6.45) is 0.0404. The zero-order chi connectivity index (χ0) is 22.4. The van der Waals surface area contributed by atoms with Crippen LogP contribution in [0.15, 0.2) is 73.3 Å². The van der Waals surface area contributed by atoms with Gasteiger partial charge in [0.15, 0.2) is 17.8 Å². The van der Waals surface area contributed by atoms with E-state index in [0.29, 0.717) is 0 Å². The summed E-state index contributed by atoms with van der Waals surface area (Å²) >= 11 is 0. The number of hydrogen-bond donors (Lipinski definition) is 0. The van der Waals surface area contributed by atoms with Crippen molar-refractivity contribution in [2.45, 2.75) is 38.6 Å². The monoisotopic (exact) mass is 422 g/mol. The third-order valence-corrected chi connectivity index (χ3v) is 5.02. The largest absolute Gasteiger partial charge is 0.509 e. The third-order valence-electron chi connectivity index (χ3n) is 5.02. The highest BCUT2D eigenvalue weighted by Gasteiger charge is 2.45. The van der Waals surface area contributed by atoms with Gasteiger partial charge < -0.3 is 18.9 Å². The Kier molecular flexibility index (Phi) is 6.80. The molecule has 2 atom stereocenters. The molecule has 6 heteroatoms. The van der Waals surface area contributed by atoms with E-state index in [1.807, 2.05) is 87.5 Å². The van der Waals surface area contributed by atoms with Crippen molar-refractivity contribution in [1.82, 2.24) is 0 Å². The van der Waals surface area contributed by atoms with Gasteiger partial charge in [-0.25, -0.2) is 9.59 Å². The molecule has 6 nitrogen and oxygen atoms in total. The number of carbonyl (C=O) groups excluding carboxylic acids is 2. The minimum absolute atomic E-state index is 0.257. The van der Waals surface area contributed by atoms with E-state index < -0.39 is 17.9 Å². The first kappa shape index (κ1) is 22.2. The van der Waals surface area contributed by atoms with Gasteiger partial charge in [-0.1, -0.05) is 73.3 Å². The average Bonchev–Trinajstić information content (AvgIpc) is 3.32. The molecular weight excluding hydrogens is 396 g/mol. The molecule has 2 aromatic carbocycles. The molecule has 2 fully saturated rings. The van der Waals surface area contributed by atoms with Crippen LogP contribution >= 0.6 is 0 Å². The van der Waals surface area contributed by atoms with Gasteiger partial charge in [0.05, 0.1) is 0 Å². The van der Waals surface area contributed by atoms with Gasteiger partial charge in [0.25, 0.3) is 0 Å². The summed E-state index contributed by atoms with van der Waals surface area (Å²) in [5, 5.41) is 0. The topological polar surface area (TPSA) is 71.1 Å². The fourth-order valence-corrected chi connectivity index (χ4v) is 3.41. The minimum atomic E-state index is -0.630. The standard InChI is InChI=1S/C14H16O3.C11H10O3/c1-4-11(10-8-6-5-7-9-10)12-14(2,3)17-13(15)16-12;1-8(9-5-3-2-4-6-9)10-7-13-11(12)14-10/h4-9,12H,1-3H3;2-6,10H,1,7H2. The number of allylic oxidation sites excluding steroid dienone is 1. The molecule has 0 amide bonds. The van der Waals surface area contributed by atoms with Crippen LogP contribution in [0.5, 0.6) is 0 Å². The molecule has 31 heavy (non-hydrogen) atoms. The van der Waals surface area contributed by atoms with Crippen molar-refractivity contribution in [1.29, 1.82) is 0 Å². The molecule has 162 valence electrons. The van der Waals surface area contributed by atoms with Crippen LogP contribution in [0.2, 0.25) is 0 Å². The van der Waals surface area contributed by atoms with Crippen LogP contribution in [0.4, 0.5) is 9.59 Å². The molecule has 2 aliphatic rings. The molecule has 2 aliphatic heterocycles. The van der Waals surface area contributed by atoms with Crippen LogP contribution in [-0.2, 0) is 18.9 Å². The Morgan fingerprint density at radius 2 is 1.52 bits per heavy atom. The summed E-state index contributed by atoms with van der Waals surface area (Å²) < 4.78 is 20.0. The molecule has 0 saturated carbocycles. The minimum Gasteiger partial charge on any atom is -0.430 e. The molecule has 2 unspecified atom stereocenters. The number of carbonyl (C=O) groups is 2. The number of rotatable bonds is 4. The molecule has 0 bridgehead atoms. The first-order chi connectivity index (χ1) is 14.8. The molecule has 0 aromatic heterocycles. The van der Waals surface area contributed by atoms with E-state index in [0.717, 1.165) is 22.3 Å². The van der Waals surface area contributed by atoms with Gasteiger partial charge >= 0.3 is 12.3 Å². The molecule has 4 rings (SSSR count). The van der Waals surface area contributed by atoms with E-state index in [1.54, 1.807) is 0 Å². The lowest BCUT2D eigenvalue weighted by Crippen LogP contribution is -2.33.